The van der Waals surface area contributed by atoms with Crippen molar-refractivity contribution >= 4 is 25.2 Å². The largest absolute Gasteiger partial charge is 0.282 e. The maximum absolute atomic E-state index is 10.8. The van der Waals surface area contributed by atoms with Crippen LogP contribution in [0.3, 0.4) is 0 Å². The van der Waals surface area contributed by atoms with E-state index in [2.05, 4.69) is 4.51 Å². The molecule has 3 heteroatoms. The van der Waals surface area contributed by atoms with E-state index in [0.717, 1.165) is 0 Å². The van der Waals surface area contributed by atoms with Crippen molar-refractivity contribution in [1.29, 1.82) is 0 Å². The van der Waals surface area contributed by atoms with Gasteiger partial charge in [0.15, 0.2) is 0 Å². The normalized spacial score (nSPS) is 9.40. The molecule has 0 bridgehead atoms. The van der Waals surface area contributed by atoms with Gasteiger partial charge >= 0.3 is 0 Å². The van der Waals surface area contributed by atoms with Crippen LogP contribution in [0.2, 0.25) is 0 Å². The minimum Gasteiger partial charge on any atom is -0.199 e. The van der Waals surface area contributed by atoms with Crippen molar-refractivity contribution in [2.24, 2.45) is 0 Å². The van der Waals surface area contributed by atoms with Gasteiger partial charge in [0, 0.05) is 0 Å². The minimum atomic E-state index is -2.12. The Hall–Kier alpha value is 0.460. The molecular formula is C2H3F2I. The van der Waals surface area contributed by atoms with E-state index >= 15 is 0 Å². The summed E-state index contributed by atoms with van der Waals surface area (Å²) in [6.45, 7) is 0. The highest BCUT2D eigenvalue weighted by Gasteiger charge is 1.86. The molecule has 0 aliphatic carbocycles. The van der Waals surface area contributed by atoms with Crippen LogP contribution in [0.15, 0.2) is 0 Å². The third kappa shape index (κ3) is 4.46. The number of halogens is 3. The van der Waals surface area contributed by atoms with E-state index in [9.17, 15) is 8.78 Å². The van der Waals surface area contributed by atoms with Crippen molar-refractivity contribution in [3.05, 3.63) is 0 Å². The molecule has 0 nitrogen and oxygen atoms in total. The highest BCUT2D eigenvalue weighted by Crippen LogP contribution is 2.06. The van der Waals surface area contributed by atoms with E-state index < -0.39 is 25.2 Å². The summed E-state index contributed by atoms with van der Waals surface area (Å²) < 4.78 is 22.4. The van der Waals surface area contributed by atoms with Crippen molar-refractivity contribution in [2.75, 3.05) is 0 Å². The Kier molecular flexibility index (Phi) is 2.93. The second-order valence-electron chi connectivity index (χ2n) is 0.402. The van der Waals surface area contributed by atoms with E-state index in [0.29, 0.717) is 0 Å². The highest BCUT2D eigenvalue weighted by molar-refractivity contribution is 14.2. The first-order chi connectivity index (χ1) is 2.27. The molecule has 5 heavy (non-hydrogen) atoms. The van der Waals surface area contributed by atoms with Crippen LogP contribution in [0.25, 0.3) is 0 Å². The number of hydrogen-bond donors (Lipinski definition) is 0. The fourth-order valence-electron chi connectivity index (χ4n) is 0. The van der Waals surface area contributed by atoms with Gasteiger partial charge in [-0.3, -0.25) is 0 Å². The van der Waals surface area contributed by atoms with E-state index in [1.807, 2.05) is 0 Å². The van der Waals surface area contributed by atoms with Crippen LogP contribution in [0.4, 0.5) is 8.78 Å². The fourth-order valence-corrected chi connectivity index (χ4v) is 0. The van der Waals surface area contributed by atoms with Gasteiger partial charge in [-0.1, -0.05) is 25.2 Å². The second-order valence-corrected chi connectivity index (χ2v) is 2.22. The molecule has 0 aliphatic rings. The average Bonchev–Trinajstić information content (AvgIpc) is 1.38. The SMILES string of the molecule is C=IC(F)F. The zero-order valence-corrected chi connectivity index (χ0v) is 4.58. The van der Waals surface area contributed by atoms with Gasteiger partial charge in [-0.05, 0) is 0 Å². The Bertz CT molecular complexity index is 34.6. The molecule has 0 aliphatic heterocycles. The summed E-state index contributed by atoms with van der Waals surface area (Å²) >= 11 is -1.04. The molecule has 0 fully saturated rings. The van der Waals surface area contributed by atoms with Gasteiger partial charge in [0.1, 0.15) is 0 Å². The zero-order chi connectivity index (χ0) is 4.28. The number of rotatable bonds is 1. The molecule has 0 rings (SSSR count). The Morgan fingerprint density at radius 2 is 1.80 bits per heavy atom. The van der Waals surface area contributed by atoms with Gasteiger partial charge in [-0.2, -0.15) is 8.78 Å². The summed E-state index contributed by atoms with van der Waals surface area (Å²) in [4.78, 5) is 0. The molecule has 0 aromatic carbocycles. The molecule has 32 valence electrons. The Morgan fingerprint density at radius 1 is 1.60 bits per heavy atom. The minimum absolute atomic E-state index is 1.04. The van der Waals surface area contributed by atoms with Gasteiger partial charge < -0.3 is 0 Å². The van der Waals surface area contributed by atoms with Crippen LogP contribution in [-0.4, -0.2) is 8.95 Å². The quantitative estimate of drug-likeness (QED) is 0.437. The lowest BCUT2D eigenvalue weighted by molar-refractivity contribution is 0.271. The van der Waals surface area contributed by atoms with Gasteiger partial charge in [-0.25, -0.2) is 0 Å². The van der Waals surface area contributed by atoms with Crippen LogP contribution in [0, 0.1) is 0 Å². The monoisotopic (exact) mass is 192 g/mol. The summed E-state index contributed by atoms with van der Waals surface area (Å²) in [6.07, 6.45) is 0. The fraction of sp³-hybridized carbons (Fsp3) is 0.500. The summed E-state index contributed by atoms with van der Waals surface area (Å²) in [6, 6.07) is 0. The summed E-state index contributed by atoms with van der Waals surface area (Å²) in [5, 5.41) is 0. The van der Waals surface area contributed by atoms with Crippen LogP contribution in [0.1, 0.15) is 0 Å². The zero-order valence-electron chi connectivity index (χ0n) is 2.42. The van der Waals surface area contributed by atoms with Crippen molar-refractivity contribution in [3.8, 4) is 0 Å². The van der Waals surface area contributed by atoms with Crippen LogP contribution < -0.4 is 0 Å². The van der Waals surface area contributed by atoms with Crippen molar-refractivity contribution in [1.82, 2.24) is 0 Å². The predicted molar refractivity (Wildman–Crippen MR) is 27.1 cm³/mol. The first-order valence-corrected chi connectivity index (χ1v) is 3.69. The lowest BCUT2D eigenvalue weighted by atomic mass is 11.7. The smallest absolute Gasteiger partial charge is 0.199 e. The van der Waals surface area contributed by atoms with E-state index in [1.165, 1.54) is 0 Å². The van der Waals surface area contributed by atoms with Crippen molar-refractivity contribution in [2.45, 2.75) is 4.43 Å². The first kappa shape index (κ1) is 5.46. The molecule has 0 aromatic heterocycles. The summed E-state index contributed by atoms with van der Waals surface area (Å²) in [5.74, 6) is 0. The molecule has 0 atom stereocenters. The maximum atomic E-state index is 10.8. The van der Waals surface area contributed by atoms with Crippen molar-refractivity contribution in [3.63, 3.8) is 0 Å². The summed E-state index contributed by atoms with van der Waals surface area (Å²) in [5.41, 5.74) is 0. The molecule has 0 unspecified atom stereocenters. The lowest BCUT2D eigenvalue weighted by Crippen LogP contribution is -1.64. The number of alkyl halides is 3. The van der Waals surface area contributed by atoms with Gasteiger partial charge in [-0.15, -0.1) is 0 Å². The lowest BCUT2D eigenvalue weighted by Gasteiger charge is -1.74. The first-order valence-electron chi connectivity index (χ1n) is 0.922. The van der Waals surface area contributed by atoms with E-state index in [-0.39, 0.29) is 0 Å². The maximum Gasteiger partial charge on any atom is 0.282 e. The van der Waals surface area contributed by atoms with Gasteiger partial charge in [0.2, 0.25) is 0 Å². The summed E-state index contributed by atoms with van der Waals surface area (Å²) in [7, 11) is 0. The molecular weight excluding hydrogens is 189 g/mol. The molecule has 0 heterocycles. The van der Waals surface area contributed by atoms with E-state index in [4.69, 9.17) is 0 Å². The molecule has 0 spiro atoms. The Balaban J connectivity index is 2.83. The van der Waals surface area contributed by atoms with Crippen molar-refractivity contribution < 1.29 is 8.78 Å². The molecule has 0 N–H and O–H groups in total. The Morgan fingerprint density at radius 3 is 1.80 bits per heavy atom. The van der Waals surface area contributed by atoms with Gasteiger partial charge in [0.05, 0.1) is 0 Å². The van der Waals surface area contributed by atoms with Gasteiger partial charge in [0.25, 0.3) is 4.43 Å². The molecule has 0 amide bonds. The predicted octanol–water partition coefficient (Wildman–Crippen LogP) is 1.61. The van der Waals surface area contributed by atoms with E-state index in [1.54, 1.807) is 0 Å². The van der Waals surface area contributed by atoms with Crippen LogP contribution >= 0.6 is 20.7 Å². The second kappa shape index (κ2) is 2.68. The van der Waals surface area contributed by atoms with Crippen LogP contribution in [0.5, 0.6) is 0 Å². The third-order valence-electron chi connectivity index (χ3n) is 0.117. The molecule has 0 aromatic rings. The average molecular weight is 192 g/mol. The third-order valence-corrected chi connectivity index (χ3v) is 0.782. The Labute approximate surface area is 38.9 Å². The molecule has 0 saturated heterocycles. The molecule has 0 saturated carbocycles. The standard InChI is InChI=1S/C2H3F2I/c1-5-2(3)4/h2H,1H2. The van der Waals surface area contributed by atoms with Crippen LogP contribution in [-0.2, 0) is 0 Å². The topological polar surface area (TPSA) is 0 Å². The highest BCUT2D eigenvalue weighted by atomic mass is 127. The molecule has 0 radical (unpaired) electrons. The number of hydrogen-bond acceptors (Lipinski definition) is 0.